The van der Waals surface area contributed by atoms with Crippen LogP contribution in [0.3, 0.4) is 0 Å². The smallest absolute Gasteiger partial charge is 0.279 e. The van der Waals surface area contributed by atoms with Gasteiger partial charge in [0.15, 0.2) is 16.6 Å². The maximum absolute atomic E-state index is 12.5. The monoisotopic (exact) mass is 346 g/mol. The number of carbonyl (C=O) groups excluding carboxylic acids is 1. The van der Waals surface area contributed by atoms with Crippen LogP contribution in [0, 0.1) is 0 Å². The molecule has 0 spiro atoms. The van der Waals surface area contributed by atoms with E-state index >= 15 is 0 Å². The summed E-state index contributed by atoms with van der Waals surface area (Å²) in [6, 6.07) is 3.51. The van der Waals surface area contributed by atoms with E-state index in [0.717, 1.165) is 25.9 Å². The molecule has 0 aromatic carbocycles. The predicted molar refractivity (Wildman–Crippen MR) is 94.9 cm³/mol. The zero-order valence-electron chi connectivity index (χ0n) is 13.9. The molecule has 0 saturated carbocycles. The zero-order chi connectivity index (χ0) is 16.9. The highest BCUT2D eigenvalue weighted by Gasteiger charge is 2.20. The Hall–Kier alpha value is -1.99. The number of amides is 1. The molecule has 0 atom stereocenters. The van der Waals surface area contributed by atoms with Crippen molar-refractivity contribution in [3.8, 4) is 5.75 Å². The van der Waals surface area contributed by atoms with Crippen LogP contribution >= 0.6 is 11.3 Å². The minimum absolute atomic E-state index is 0.0212. The van der Waals surface area contributed by atoms with Gasteiger partial charge in [-0.1, -0.05) is 0 Å². The molecule has 0 radical (unpaired) electrons. The Balaban J connectivity index is 1.70. The maximum atomic E-state index is 12.5. The first-order valence-corrected chi connectivity index (χ1v) is 9.04. The normalized spacial score (nSPS) is 15.5. The summed E-state index contributed by atoms with van der Waals surface area (Å²) >= 11 is 1.54. The molecule has 0 unspecified atom stereocenters. The number of aromatic nitrogens is 2. The minimum Gasteiger partial charge on any atom is -0.489 e. The maximum Gasteiger partial charge on any atom is 0.279 e. The molecule has 1 amide bonds. The van der Waals surface area contributed by atoms with Gasteiger partial charge >= 0.3 is 0 Å². The van der Waals surface area contributed by atoms with E-state index in [-0.39, 0.29) is 17.7 Å². The number of hydrogen-bond acceptors (Lipinski definition) is 6. The van der Waals surface area contributed by atoms with Gasteiger partial charge in [0.1, 0.15) is 0 Å². The number of hydrogen-bond donors (Lipinski definition) is 2. The number of anilines is 1. The summed E-state index contributed by atoms with van der Waals surface area (Å²) in [4.78, 5) is 22.2. The Labute approximate surface area is 145 Å². The molecule has 1 fully saturated rings. The number of nitrogens with one attached hydrogen (secondary N) is 2. The number of ether oxygens (including phenoxy) is 1. The van der Waals surface area contributed by atoms with Crippen molar-refractivity contribution in [3.05, 3.63) is 35.1 Å². The van der Waals surface area contributed by atoms with Crippen LogP contribution in [-0.2, 0) is 0 Å². The largest absolute Gasteiger partial charge is 0.489 e. The van der Waals surface area contributed by atoms with Crippen LogP contribution in [0.1, 0.15) is 48.0 Å². The molecule has 3 rings (SSSR count). The first-order valence-electron chi connectivity index (χ1n) is 8.23. The van der Waals surface area contributed by atoms with E-state index in [0.29, 0.717) is 16.8 Å². The second-order valence-electron chi connectivity index (χ2n) is 6.06. The molecule has 0 bridgehead atoms. The average Bonchev–Trinajstić information content (AvgIpc) is 3.04. The lowest BCUT2D eigenvalue weighted by atomic mass is 9.97. The molecule has 2 N–H and O–H groups in total. The van der Waals surface area contributed by atoms with E-state index < -0.39 is 0 Å². The van der Waals surface area contributed by atoms with Crippen LogP contribution in [0.2, 0.25) is 0 Å². The van der Waals surface area contributed by atoms with Gasteiger partial charge < -0.3 is 10.1 Å². The minimum atomic E-state index is -0.294. The molecule has 2 aromatic rings. The van der Waals surface area contributed by atoms with Crippen LogP contribution in [0.4, 0.5) is 5.13 Å². The predicted octanol–water partition coefficient (Wildman–Crippen LogP) is 3.04. The van der Waals surface area contributed by atoms with E-state index in [1.165, 1.54) is 4.88 Å². The van der Waals surface area contributed by atoms with Gasteiger partial charge in [-0.05, 0) is 57.8 Å². The number of rotatable bonds is 5. The molecule has 1 aliphatic rings. The Bertz CT molecular complexity index is 695. The van der Waals surface area contributed by atoms with Gasteiger partial charge in [-0.25, -0.2) is 9.97 Å². The lowest BCUT2D eigenvalue weighted by Gasteiger charge is -2.20. The van der Waals surface area contributed by atoms with E-state index in [1.807, 2.05) is 20.0 Å². The summed E-state index contributed by atoms with van der Waals surface area (Å²) in [6.45, 7) is 5.91. The van der Waals surface area contributed by atoms with Gasteiger partial charge in [0, 0.05) is 17.3 Å². The molecule has 128 valence electrons. The SMILES string of the molecule is CC(C)Oc1cccnc1C(=O)Nc1ncc(C2CCNCC2)s1. The molecule has 3 heterocycles. The van der Waals surface area contributed by atoms with Gasteiger partial charge in [0.25, 0.3) is 5.91 Å². The summed E-state index contributed by atoms with van der Waals surface area (Å²) in [5.41, 5.74) is 0.282. The number of thiazole rings is 1. The van der Waals surface area contributed by atoms with Crippen molar-refractivity contribution in [2.24, 2.45) is 0 Å². The van der Waals surface area contributed by atoms with Crippen molar-refractivity contribution in [2.45, 2.75) is 38.7 Å². The molecule has 24 heavy (non-hydrogen) atoms. The van der Waals surface area contributed by atoms with E-state index in [2.05, 4.69) is 20.6 Å². The van der Waals surface area contributed by atoms with Crippen LogP contribution < -0.4 is 15.4 Å². The summed E-state index contributed by atoms with van der Waals surface area (Å²) in [6.07, 6.45) is 5.67. The molecule has 1 saturated heterocycles. The van der Waals surface area contributed by atoms with Gasteiger partial charge in [-0.2, -0.15) is 0 Å². The highest BCUT2D eigenvalue weighted by molar-refractivity contribution is 7.15. The summed E-state index contributed by atoms with van der Waals surface area (Å²) < 4.78 is 5.66. The van der Waals surface area contributed by atoms with Crippen molar-refractivity contribution in [3.63, 3.8) is 0 Å². The topological polar surface area (TPSA) is 76.1 Å². The van der Waals surface area contributed by atoms with Crippen LogP contribution in [0.15, 0.2) is 24.5 Å². The third kappa shape index (κ3) is 4.10. The highest BCUT2D eigenvalue weighted by Crippen LogP contribution is 2.32. The molecule has 2 aromatic heterocycles. The van der Waals surface area contributed by atoms with Crippen molar-refractivity contribution in [2.75, 3.05) is 18.4 Å². The van der Waals surface area contributed by atoms with E-state index in [9.17, 15) is 4.79 Å². The van der Waals surface area contributed by atoms with Crippen LogP contribution in [-0.4, -0.2) is 35.1 Å². The molecular formula is C17H22N4O2S. The third-order valence-corrected chi connectivity index (χ3v) is 4.91. The first-order chi connectivity index (χ1) is 11.6. The first kappa shape index (κ1) is 16.9. The second-order valence-corrected chi connectivity index (χ2v) is 7.13. The van der Waals surface area contributed by atoms with Crippen molar-refractivity contribution in [1.82, 2.24) is 15.3 Å². The standard InChI is InChI=1S/C17H22N4O2S/c1-11(2)23-13-4-3-7-19-15(13)16(22)21-17-20-10-14(24-17)12-5-8-18-9-6-12/h3-4,7,10-12,18H,5-6,8-9H2,1-2H3,(H,20,21,22). The van der Waals surface area contributed by atoms with Crippen LogP contribution in [0.5, 0.6) is 5.75 Å². The van der Waals surface area contributed by atoms with Gasteiger partial charge in [-0.3, -0.25) is 10.1 Å². The Kier molecular flexibility index (Phi) is 5.42. The Morgan fingerprint density at radius 3 is 2.92 bits per heavy atom. The van der Waals surface area contributed by atoms with Gasteiger partial charge in [0.05, 0.1) is 6.10 Å². The Morgan fingerprint density at radius 2 is 2.17 bits per heavy atom. The lowest BCUT2D eigenvalue weighted by molar-refractivity contribution is 0.101. The van der Waals surface area contributed by atoms with E-state index in [1.54, 1.807) is 29.7 Å². The zero-order valence-corrected chi connectivity index (χ0v) is 14.7. The summed E-state index contributed by atoms with van der Waals surface area (Å²) in [7, 11) is 0. The molecule has 1 aliphatic heterocycles. The summed E-state index contributed by atoms with van der Waals surface area (Å²) in [5.74, 6) is 0.724. The fourth-order valence-corrected chi connectivity index (χ4v) is 3.69. The van der Waals surface area contributed by atoms with Gasteiger partial charge in [0.2, 0.25) is 0 Å². The molecule has 7 heteroatoms. The number of pyridine rings is 1. The number of carbonyl (C=O) groups is 1. The van der Waals surface area contributed by atoms with Crippen molar-refractivity contribution in [1.29, 1.82) is 0 Å². The van der Waals surface area contributed by atoms with Crippen LogP contribution in [0.25, 0.3) is 0 Å². The molecule has 0 aliphatic carbocycles. The van der Waals surface area contributed by atoms with Crippen molar-refractivity contribution >= 4 is 22.4 Å². The van der Waals surface area contributed by atoms with Gasteiger partial charge in [-0.15, -0.1) is 11.3 Å². The van der Waals surface area contributed by atoms with Crippen molar-refractivity contribution < 1.29 is 9.53 Å². The fourth-order valence-electron chi connectivity index (χ4n) is 2.71. The van der Waals surface area contributed by atoms with E-state index in [4.69, 9.17) is 4.74 Å². The second kappa shape index (κ2) is 7.72. The molecular weight excluding hydrogens is 324 g/mol. The Morgan fingerprint density at radius 1 is 1.38 bits per heavy atom. The number of piperidine rings is 1. The highest BCUT2D eigenvalue weighted by atomic mass is 32.1. The number of nitrogens with zero attached hydrogens (tertiary/aromatic N) is 2. The molecule has 6 nitrogen and oxygen atoms in total. The average molecular weight is 346 g/mol. The quantitative estimate of drug-likeness (QED) is 0.870. The summed E-state index contributed by atoms with van der Waals surface area (Å²) in [5, 5.41) is 6.81. The lowest BCUT2D eigenvalue weighted by Crippen LogP contribution is -2.26. The fraction of sp³-hybridized carbons (Fsp3) is 0.471. The third-order valence-electron chi connectivity index (χ3n) is 3.83.